The summed E-state index contributed by atoms with van der Waals surface area (Å²) in [6.45, 7) is 0.161. The Morgan fingerprint density at radius 3 is 2.43 bits per heavy atom. The molecule has 23 heavy (non-hydrogen) atoms. The zero-order chi connectivity index (χ0) is 17.0. The third kappa shape index (κ3) is 4.14. The molecule has 0 spiro atoms. The van der Waals surface area contributed by atoms with Gasteiger partial charge in [0.2, 0.25) is 5.91 Å². The van der Waals surface area contributed by atoms with Crippen LogP contribution in [0.25, 0.3) is 0 Å². The van der Waals surface area contributed by atoms with Crippen LogP contribution in [-0.4, -0.2) is 16.8 Å². The zero-order valence-corrected chi connectivity index (χ0v) is 13.3. The minimum atomic E-state index is -0.858. The van der Waals surface area contributed by atoms with Crippen LogP contribution in [0, 0.1) is 5.92 Å². The molecule has 1 aliphatic rings. The number of hydrogen-bond donors (Lipinski definition) is 4. The summed E-state index contributed by atoms with van der Waals surface area (Å²) in [6.07, 6.45) is 2.63. The van der Waals surface area contributed by atoms with E-state index in [1.165, 1.54) is 0 Å². The second kappa shape index (κ2) is 7.34. The lowest BCUT2D eigenvalue weighted by Gasteiger charge is -2.28. The lowest BCUT2D eigenvalue weighted by molar-refractivity contribution is -0.127. The van der Waals surface area contributed by atoms with Crippen LogP contribution in [0.5, 0.6) is 0 Å². The first kappa shape index (κ1) is 17.1. The van der Waals surface area contributed by atoms with Gasteiger partial charge in [0.05, 0.1) is 6.54 Å². The number of carbonyl (C=O) groups is 2. The molecule has 7 nitrogen and oxygen atoms in total. The van der Waals surface area contributed by atoms with E-state index in [1.54, 1.807) is 18.2 Å². The molecule has 0 atom stereocenters. The van der Waals surface area contributed by atoms with E-state index in [1.807, 2.05) is 6.07 Å². The van der Waals surface area contributed by atoms with Crippen molar-refractivity contribution >= 4 is 23.4 Å². The minimum absolute atomic E-state index is 0.00526. The number of carbonyl (C=O) groups excluding carboxylic acids is 2. The van der Waals surface area contributed by atoms with Gasteiger partial charge in [0, 0.05) is 10.9 Å². The summed E-state index contributed by atoms with van der Waals surface area (Å²) in [5.41, 5.74) is 11.3. The maximum atomic E-state index is 12.1. The molecular formula is C15H20ClN5O2. The number of amides is 2. The van der Waals surface area contributed by atoms with E-state index in [2.05, 4.69) is 5.32 Å². The molecule has 1 aliphatic carbocycles. The van der Waals surface area contributed by atoms with Gasteiger partial charge in [-0.2, -0.15) is 0 Å². The number of hydrazine groups is 1. The highest BCUT2D eigenvalue weighted by molar-refractivity contribution is 6.31. The fourth-order valence-corrected chi connectivity index (χ4v) is 2.38. The molecule has 1 saturated carbocycles. The Morgan fingerprint density at radius 1 is 1.26 bits per heavy atom. The number of benzene rings is 1. The van der Waals surface area contributed by atoms with E-state index < -0.39 is 5.91 Å². The van der Waals surface area contributed by atoms with Crippen LogP contribution in [0.3, 0.4) is 0 Å². The first-order valence-corrected chi connectivity index (χ1v) is 7.64. The number of primary amides is 1. The van der Waals surface area contributed by atoms with Crippen molar-refractivity contribution in [1.82, 2.24) is 10.3 Å². The van der Waals surface area contributed by atoms with Gasteiger partial charge in [0.15, 0.2) is 5.82 Å². The van der Waals surface area contributed by atoms with Crippen molar-refractivity contribution in [2.24, 2.45) is 23.2 Å². The summed E-state index contributed by atoms with van der Waals surface area (Å²) < 4.78 is 0. The van der Waals surface area contributed by atoms with Crippen molar-refractivity contribution in [2.45, 2.75) is 25.8 Å². The lowest BCUT2D eigenvalue weighted by atomic mass is 9.85. The lowest BCUT2D eigenvalue weighted by Crippen LogP contribution is -2.45. The number of hydrogen-bond acceptors (Lipinski definition) is 5. The van der Waals surface area contributed by atoms with Crippen LogP contribution in [-0.2, 0) is 16.1 Å². The summed E-state index contributed by atoms with van der Waals surface area (Å²) in [5, 5.41) is 4.30. The Balaban J connectivity index is 2.19. The number of nitrogens with zero attached hydrogens (tertiary/aromatic N) is 1. The number of rotatable bonds is 6. The fraction of sp³-hybridized carbons (Fsp3) is 0.333. The van der Waals surface area contributed by atoms with Gasteiger partial charge in [0.1, 0.15) is 5.70 Å². The highest BCUT2D eigenvalue weighted by Gasteiger charge is 2.27. The topological polar surface area (TPSA) is 127 Å². The molecule has 8 heteroatoms. The SMILES string of the molecule is NC(=O)/C(N)=C(\NC(=O)C1CCC1)N(N)Cc1ccccc1Cl. The average molecular weight is 338 g/mol. The summed E-state index contributed by atoms with van der Waals surface area (Å²) >= 11 is 6.09. The Bertz CT molecular complexity index is 643. The smallest absolute Gasteiger partial charge is 0.268 e. The molecule has 0 aliphatic heterocycles. The fourth-order valence-electron chi connectivity index (χ4n) is 2.19. The maximum Gasteiger partial charge on any atom is 0.268 e. The number of nitrogens with one attached hydrogen (secondary N) is 1. The molecule has 0 radical (unpaired) electrons. The number of nitrogens with two attached hydrogens (primary N) is 3. The standard InChI is InChI=1S/C15H20ClN5O2/c16-11-7-2-1-4-10(11)8-21(19)14(12(17)13(18)22)20-15(23)9-5-3-6-9/h1-2,4,7,9H,3,5-6,8,17,19H2,(H2,18,22)(H,20,23)/b14-12-. The number of halogens is 1. The molecule has 1 fully saturated rings. The second-order valence-electron chi connectivity index (χ2n) is 5.46. The molecule has 0 bridgehead atoms. The molecule has 2 amide bonds. The highest BCUT2D eigenvalue weighted by Crippen LogP contribution is 2.26. The van der Waals surface area contributed by atoms with Crippen LogP contribution in [0.2, 0.25) is 5.02 Å². The van der Waals surface area contributed by atoms with E-state index in [4.69, 9.17) is 28.9 Å². The first-order chi connectivity index (χ1) is 10.9. The predicted octanol–water partition coefficient (Wildman–Crippen LogP) is 0.545. The Morgan fingerprint density at radius 2 is 1.91 bits per heavy atom. The molecule has 0 heterocycles. The van der Waals surface area contributed by atoms with Crippen LogP contribution in [0.1, 0.15) is 24.8 Å². The van der Waals surface area contributed by atoms with E-state index in [0.29, 0.717) is 5.02 Å². The van der Waals surface area contributed by atoms with Crippen molar-refractivity contribution in [3.05, 3.63) is 46.4 Å². The maximum absolute atomic E-state index is 12.1. The van der Waals surface area contributed by atoms with Crippen molar-refractivity contribution < 1.29 is 9.59 Å². The summed E-state index contributed by atoms with van der Waals surface area (Å²) in [4.78, 5) is 23.5. The van der Waals surface area contributed by atoms with Gasteiger partial charge in [-0.3, -0.25) is 14.6 Å². The third-order valence-corrected chi connectivity index (χ3v) is 4.19. The van der Waals surface area contributed by atoms with Gasteiger partial charge in [-0.25, -0.2) is 5.84 Å². The minimum Gasteiger partial charge on any atom is -0.391 e. The van der Waals surface area contributed by atoms with Crippen LogP contribution >= 0.6 is 11.6 Å². The molecule has 1 aromatic rings. The molecule has 1 aromatic carbocycles. The second-order valence-corrected chi connectivity index (χ2v) is 5.87. The average Bonchev–Trinajstić information content (AvgIpc) is 2.44. The van der Waals surface area contributed by atoms with Gasteiger partial charge in [0.25, 0.3) is 5.91 Å². The monoisotopic (exact) mass is 337 g/mol. The van der Waals surface area contributed by atoms with Crippen LogP contribution in [0.15, 0.2) is 35.8 Å². The van der Waals surface area contributed by atoms with Crippen molar-refractivity contribution in [1.29, 1.82) is 0 Å². The van der Waals surface area contributed by atoms with Gasteiger partial charge >= 0.3 is 0 Å². The molecular weight excluding hydrogens is 318 g/mol. The Kier molecular flexibility index (Phi) is 5.46. The Labute approximate surface area is 139 Å². The zero-order valence-electron chi connectivity index (χ0n) is 12.6. The molecule has 2 rings (SSSR count). The predicted molar refractivity (Wildman–Crippen MR) is 87.1 cm³/mol. The molecule has 7 N–H and O–H groups in total. The van der Waals surface area contributed by atoms with Crippen molar-refractivity contribution in [3.8, 4) is 0 Å². The molecule has 124 valence electrons. The van der Waals surface area contributed by atoms with E-state index >= 15 is 0 Å². The summed E-state index contributed by atoms with van der Waals surface area (Å²) in [7, 11) is 0. The van der Waals surface area contributed by atoms with Gasteiger partial charge < -0.3 is 16.8 Å². The highest BCUT2D eigenvalue weighted by atomic mass is 35.5. The third-order valence-electron chi connectivity index (χ3n) is 3.82. The van der Waals surface area contributed by atoms with Crippen LogP contribution in [0.4, 0.5) is 0 Å². The molecule has 0 unspecified atom stereocenters. The van der Waals surface area contributed by atoms with Gasteiger partial charge in [-0.1, -0.05) is 36.2 Å². The first-order valence-electron chi connectivity index (χ1n) is 7.26. The van der Waals surface area contributed by atoms with Crippen molar-refractivity contribution in [3.63, 3.8) is 0 Å². The Hall–Kier alpha value is -2.25. The van der Waals surface area contributed by atoms with Crippen LogP contribution < -0.4 is 22.6 Å². The quantitative estimate of drug-likeness (QED) is 0.342. The normalized spacial score (nSPS) is 15.4. The molecule has 0 aromatic heterocycles. The largest absolute Gasteiger partial charge is 0.391 e. The van der Waals surface area contributed by atoms with Crippen molar-refractivity contribution in [2.75, 3.05) is 0 Å². The van der Waals surface area contributed by atoms with E-state index in [9.17, 15) is 9.59 Å². The molecule has 0 saturated heterocycles. The van der Waals surface area contributed by atoms with E-state index in [-0.39, 0.29) is 29.9 Å². The summed E-state index contributed by atoms with van der Waals surface area (Å²) in [5.74, 6) is 4.82. The van der Waals surface area contributed by atoms with Gasteiger partial charge in [-0.15, -0.1) is 0 Å². The van der Waals surface area contributed by atoms with E-state index in [0.717, 1.165) is 29.8 Å². The van der Waals surface area contributed by atoms with Gasteiger partial charge in [-0.05, 0) is 24.5 Å². The summed E-state index contributed by atoms with van der Waals surface area (Å²) in [6, 6.07) is 7.11.